The highest BCUT2D eigenvalue weighted by molar-refractivity contribution is 5.95. The Labute approximate surface area is 166 Å². The average molecular weight is 397 g/mol. The van der Waals surface area contributed by atoms with Crippen LogP contribution < -0.4 is 14.8 Å². The fourth-order valence-electron chi connectivity index (χ4n) is 2.94. The van der Waals surface area contributed by atoms with E-state index in [1.54, 1.807) is 41.5 Å². The van der Waals surface area contributed by atoms with Crippen LogP contribution in [0.4, 0.5) is 0 Å². The number of fused-ring (bicyclic) bond motifs is 1. The molecule has 0 saturated carbocycles. The van der Waals surface area contributed by atoms with Crippen LogP contribution >= 0.6 is 0 Å². The van der Waals surface area contributed by atoms with Gasteiger partial charge in [-0.2, -0.15) is 0 Å². The number of benzene rings is 1. The molecule has 1 N–H and O–H groups in total. The lowest BCUT2D eigenvalue weighted by Gasteiger charge is -2.20. The number of hydrogen-bond acceptors (Lipinski definition) is 7. The highest BCUT2D eigenvalue weighted by atomic mass is 16.7. The second-order valence-corrected chi connectivity index (χ2v) is 6.35. The van der Waals surface area contributed by atoms with Gasteiger partial charge < -0.3 is 28.6 Å². The topological polar surface area (TPSA) is 107 Å². The number of nitrogens with one attached hydrogen (secondary N) is 1. The van der Waals surface area contributed by atoms with E-state index in [0.717, 1.165) is 0 Å². The third-order valence-corrected chi connectivity index (χ3v) is 4.31. The molecule has 150 valence electrons. The minimum absolute atomic E-state index is 0.111. The summed E-state index contributed by atoms with van der Waals surface area (Å²) in [6, 6.07) is 10.1. The molecule has 0 saturated heterocycles. The van der Waals surface area contributed by atoms with Crippen molar-refractivity contribution in [3.63, 3.8) is 0 Å². The van der Waals surface area contributed by atoms with E-state index in [1.165, 1.54) is 6.07 Å². The van der Waals surface area contributed by atoms with Gasteiger partial charge in [0.05, 0.1) is 19.4 Å². The highest BCUT2D eigenvalue weighted by Crippen LogP contribution is 2.33. The first-order chi connectivity index (χ1) is 14.1. The lowest BCUT2D eigenvalue weighted by Crippen LogP contribution is -2.30. The molecule has 1 aromatic carbocycles. The SMILES string of the molecule is CCNC(=O)c1cc(CN(Cc2ccco2)C(=O)c2ccc3c(c2)OCO3)on1. The quantitative estimate of drug-likeness (QED) is 0.653. The smallest absolute Gasteiger partial charge is 0.273 e. The minimum Gasteiger partial charge on any atom is -0.467 e. The van der Waals surface area contributed by atoms with E-state index >= 15 is 0 Å². The number of furan rings is 1. The minimum atomic E-state index is -0.331. The Balaban J connectivity index is 1.56. The zero-order valence-electron chi connectivity index (χ0n) is 15.7. The molecule has 4 rings (SSSR count). The molecule has 3 aromatic rings. The second-order valence-electron chi connectivity index (χ2n) is 6.35. The number of carbonyl (C=O) groups is 2. The third kappa shape index (κ3) is 4.08. The molecule has 0 radical (unpaired) electrons. The van der Waals surface area contributed by atoms with E-state index in [-0.39, 0.29) is 37.4 Å². The largest absolute Gasteiger partial charge is 0.467 e. The lowest BCUT2D eigenvalue weighted by molar-refractivity contribution is 0.0699. The Morgan fingerprint density at radius 2 is 1.93 bits per heavy atom. The standard InChI is InChI=1S/C20H19N3O6/c1-2-21-19(24)16-9-15(29-22-16)11-23(10-14-4-3-7-26-14)20(25)13-5-6-17-18(8-13)28-12-27-17/h3-9H,2,10-12H2,1H3,(H,21,24). The summed E-state index contributed by atoms with van der Waals surface area (Å²) in [5, 5.41) is 6.43. The maximum Gasteiger partial charge on any atom is 0.273 e. The number of aromatic nitrogens is 1. The summed E-state index contributed by atoms with van der Waals surface area (Å²) in [6.07, 6.45) is 1.54. The molecule has 3 heterocycles. The van der Waals surface area contributed by atoms with E-state index < -0.39 is 0 Å². The summed E-state index contributed by atoms with van der Waals surface area (Å²) in [5.74, 6) is 1.53. The fourth-order valence-corrected chi connectivity index (χ4v) is 2.94. The van der Waals surface area contributed by atoms with Crippen molar-refractivity contribution >= 4 is 11.8 Å². The predicted molar refractivity (Wildman–Crippen MR) is 99.4 cm³/mol. The molecule has 9 heteroatoms. The summed E-state index contributed by atoms with van der Waals surface area (Å²) in [4.78, 5) is 26.6. The van der Waals surface area contributed by atoms with Crippen LogP contribution in [-0.4, -0.2) is 35.2 Å². The number of nitrogens with zero attached hydrogens (tertiary/aromatic N) is 2. The van der Waals surface area contributed by atoms with Crippen LogP contribution in [0.1, 0.15) is 39.3 Å². The molecule has 0 atom stereocenters. The molecular formula is C20H19N3O6. The van der Waals surface area contributed by atoms with Crippen molar-refractivity contribution in [3.05, 3.63) is 65.4 Å². The predicted octanol–water partition coefficient (Wildman–Crippen LogP) is 2.59. The van der Waals surface area contributed by atoms with Crippen molar-refractivity contribution in [2.24, 2.45) is 0 Å². The van der Waals surface area contributed by atoms with Gasteiger partial charge in [0.25, 0.3) is 11.8 Å². The van der Waals surface area contributed by atoms with Gasteiger partial charge >= 0.3 is 0 Å². The number of rotatable bonds is 7. The van der Waals surface area contributed by atoms with Crippen LogP contribution in [0.3, 0.4) is 0 Å². The number of carbonyl (C=O) groups excluding carboxylic acids is 2. The zero-order chi connectivity index (χ0) is 20.2. The Kier molecular flexibility index (Phi) is 5.19. The molecule has 1 aliphatic rings. The Morgan fingerprint density at radius 1 is 1.10 bits per heavy atom. The molecule has 1 aliphatic heterocycles. The molecule has 0 bridgehead atoms. The molecule has 29 heavy (non-hydrogen) atoms. The van der Waals surface area contributed by atoms with Gasteiger partial charge in [-0.3, -0.25) is 9.59 Å². The van der Waals surface area contributed by atoms with E-state index in [9.17, 15) is 9.59 Å². The third-order valence-electron chi connectivity index (χ3n) is 4.31. The van der Waals surface area contributed by atoms with Crippen LogP contribution in [0, 0.1) is 0 Å². The van der Waals surface area contributed by atoms with E-state index in [0.29, 0.717) is 35.1 Å². The summed E-state index contributed by atoms with van der Waals surface area (Å²) in [5.41, 5.74) is 0.597. The summed E-state index contributed by atoms with van der Waals surface area (Å²) < 4.78 is 21.3. The van der Waals surface area contributed by atoms with Gasteiger partial charge in [0.15, 0.2) is 23.0 Å². The van der Waals surface area contributed by atoms with E-state index in [2.05, 4.69) is 10.5 Å². The van der Waals surface area contributed by atoms with Gasteiger partial charge in [-0.05, 0) is 37.3 Å². The van der Waals surface area contributed by atoms with Gasteiger partial charge in [0, 0.05) is 18.2 Å². The Bertz CT molecular complexity index is 1010. The maximum atomic E-state index is 13.2. The maximum absolute atomic E-state index is 13.2. The van der Waals surface area contributed by atoms with Crippen molar-refractivity contribution in [2.75, 3.05) is 13.3 Å². The molecule has 9 nitrogen and oxygen atoms in total. The van der Waals surface area contributed by atoms with Crippen molar-refractivity contribution < 1.29 is 28.0 Å². The first kappa shape index (κ1) is 18.6. The van der Waals surface area contributed by atoms with Crippen molar-refractivity contribution in [1.82, 2.24) is 15.4 Å². The second kappa shape index (κ2) is 8.09. The van der Waals surface area contributed by atoms with E-state index in [1.807, 2.05) is 6.92 Å². The summed E-state index contributed by atoms with van der Waals surface area (Å²) in [7, 11) is 0. The van der Waals surface area contributed by atoms with Gasteiger partial charge in [-0.15, -0.1) is 0 Å². The Hall–Kier alpha value is -3.75. The van der Waals surface area contributed by atoms with Gasteiger partial charge in [0.1, 0.15) is 5.76 Å². The number of ether oxygens (including phenoxy) is 2. The molecule has 0 fully saturated rings. The molecule has 0 aliphatic carbocycles. The molecular weight excluding hydrogens is 378 g/mol. The van der Waals surface area contributed by atoms with E-state index in [4.69, 9.17) is 18.4 Å². The highest BCUT2D eigenvalue weighted by Gasteiger charge is 2.23. The van der Waals surface area contributed by atoms with Crippen LogP contribution in [-0.2, 0) is 13.1 Å². The molecule has 0 spiro atoms. The molecule has 2 aromatic heterocycles. The van der Waals surface area contributed by atoms with Crippen molar-refractivity contribution in [2.45, 2.75) is 20.0 Å². The monoisotopic (exact) mass is 397 g/mol. The average Bonchev–Trinajstić information content (AvgIpc) is 3.48. The normalized spacial score (nSPS) is 12.0. The summed E-state index contributed by atoms with van der Waals surface area (Å²) in [6.45, 7) is 2.75. The van der Waals surface area contributed by atoms with Gasteiger partial charge in [0.2, 0.25) is 6.79 Å². The molecule has 2 amide bonds. The zero-order valence-corrected chi connectivity index (χ0v) is 15.7. The summed E-state index contributed by atoms with van der Waals surface area (Å²) >= 11 is 0. The van der Waals surface area contributed by atoms with Gasteiger partial charge in [-0.1, -0.05) is 5.16 Å². The van der Waals surface area contributed by atoms with Crippen molar-refractivity contribution in [1.29, 1.82) is 0 Å². The van der Waals surface area contributed by atoms with Gasteiger partial charge in [-0.25, -0.2) is 0 Å². The fraction of sp³-hybridized carbons (Fsp3) is 0.250. The van der Waals surface area contributed by atoms with Crippen LogP contribution in [0.2, 0.25) is 0 Å². The first-order valence-corrected chi connectivity index (χ1v) is 9.09. The van der Waals surface area contributed by atoms with Crippen LogP contribution in [0.25, 0.3) is 0 Å². The number of hydrogen-bond donors (Lipinski definition) is 1. The molecule has 0 unspecified atom stereocenters. The Morgan fingerprint density at radius 3 is 2.72 bits per heavy atom. The van der Waals surface area contributed by atoms with Crippen molar-refractivity contribution in [3.8, 4) is 11.5 Å². The number of amides is 2. The lowest BCUT2D eigenvalue weighted by atomic mass is 10.1. The first-order valence-electron chi connectivity index (χ1n) is 9.09. The van der Waals surface area contributed by atoms with Crippen LogP contribution in [0.5, 0.6) is 11.5 Å². The van der Waals surface area contributed by atoms with Crippen LogP contribution in [0.15, 0.2) is 51.6 Å².